The molecule has 144 valence electrons. The molecular weight excluding hydrogens is 448 g/mol. The third-order valence-corrected chi connectivity index (χ3v) is 6.15. The van der Waals surface area contributed by atoms with Gasteiger partial charge in [0, 0.05) is 16.5 Å². The fourth-order valence-corrected chi connectivity index (χ4v) is 4.18. The van der Waals surface area contributed by atoms with Crippen molar-refractivity contribution in [2.75, 3.05) is 0 Å². The van der Waals surface area contributed by atoms with Gasteiger partial charge in [0.25, 0.3) is 5.91 Å². The lowest BCUT2D eigenvalue weighted by atomic mass is 10.0. The molecule has 0 saturated carbocycles. The van der Waals surface area contributed by atoms with Gasteiger partial charge in [-0.25, -0.2) is 5.43 Å². The summed E-state index contributed by atoms with van der Waals surface area (Å²) in [4.78, 5) is 13.6. The zero-order chi connectivity index (χ0) is 20.2. The zero-order valence-electron chi connectivity index (χ0n) is 15.6. The van der Waals surface area contributed by atoms with E-state index in [-0.39, 0.29) is 5.91 Å². The van der Waals surface area contributed by atoms with Crippen molar-refractivity contribution in [2.24, 2.45) is 5.10 Å². The van der Waals surface area contributed by atoms with Gasteiger partial charge in [-0.3, -0.25) is 4.79 Å². The molecule has 1 heterocycles. The molecule has 0 aliphatic carbocycles. The van der Waals surface area contributed by atoms with E-state index in [0.717, 1.165) is 25.2 Å². The van der Waals surface area contributed by atoms with E-state index in [1.807, 2.05) is 54.6 Å². The number of hydrazone groups is 1. The molecule has 0 aliphatic rings. The summed E-state index contributed by atoms with van der Waals surface area (Å²) in [6.07, 6.45) is 1.49. The predicted molar refractivity (Wildman–Crippen MR) is 121 cm³/mol. The average Bonchev–Trinajstić information content (AvgIpc) is 3.08. The highest BCUT2D eigenvalue weighted by Gasteiger charge is 2.11. The van der Waals surface area contributed by atoms with Crippen molar-refractivity contribution in [2.45, 2.75) is 16.9 Å². The molecule has 0 aliphatic heterocycles. The van der Waals surface area contributed by atoms with Crippen LogP contribution in [0.3, 0.4) is 0 Å². The van der Waals surface area contributed by atoms with Gasteiger partial charge in [-0.1, -0.05) is 65.9 Å². The Hall–Kier alpha value is -2.83. The molecule has 4 aromatic rings. The van der Waals surface area contributed by atoms with Crippen molar-refractivity contribution >= 4 is 50.6 Å². The molecule has 0 atom stereocenters. The van der Waals surface area contributed by atoms with Gasteiger partial charge in [0.2, 0.25) is 0 Å². The molecule has 1 amide bonds. The van der Waals surface area contributed by atoms with Crippen LogP contribution in [0.1, 0.15) is 21.7 Å². The monoisotopic (exact) mass is 464 g/mol. The maximum Gasteiger partial charge on any atom is 0.271 e. The van der Waals surface area contributed by atoms with Gasteiger partial charge >= 0.3 is 0 Å². The minimum Gasteiger partial charge on any atom is -0.447 e. The standard InChI is InChI=1S/C23H17BrN2O2S/c1-15-9-11-18(12-10-15)29-23-21(24)13-17(28-23)14-25-26-22(27)20-8-4-6-16-5-2-3-7-19(16)20/h2-14H,1H3,(H,26,27)/b25-14-. The Morgan fingerprint density at radius 2 is 1.83 bits per heavy atom. The number of rotatable bonds is 5. The van der Waals surface area contributed by atoms with E-state index in [0.29, 0.717) is 11.3 Å². The number of aryl methyl sites for hydroxylation is 1. The summed E-state index contributed by atoms with van der Waals surface area (Å²) in [6.45, 7) is 2.05. The Kier molecular flexibility index (Phi) is 5.83. The maximum absolute atomic E-state index is 12.5. The third-order valence-electron chi connectivity index (χ3n) is 4.30. The molecule has 0 unspecified atom stereocenters. The van der Waals surface area contributed by atoms with Crippen molar-refractivity contribution < 1.29 is 9.21 Å². The van der Waals surface area contributed by atoms with Gasteiger partial charge in [0.15, 0.2) is 5.09 Å². The van der Waals surface area contributed by atoms with Gasteiger partial charge in [0.05, 0.1) is 10.7 Å². The number of halogens is 1. The zero-order valence-corrected chi connectivity index (χ0v) is 18.0. The number of amides is 1. The van der Waals surface area contributed by atoms with Crippen LogP contribution in [0.5, 0.6) is 0 Å². The molecule has 0 radical (unpaired) electrons. The van der Waals surface area contributed by atoms with E-state index >= 15 is 0 Å². The van der Waals surface area contributed by atoms with E-state index in [1.54, 1.807) is 6.07 Å². The first-order chi connectivity index (χ1) is 14.1. The minimum atomic E-state index is -0.266. The fraction of sp³-hybridized carbons (Fsp3) is 0.0435. The van der Waals surface area contributed by atoms with Crippen LogP contribution in [0.15, 0.2) is 96.8 Å². The van der Waals surface area contributed by atoms with Crippen LogP contribution in [0.2, 0.25) is 0 Å². The number of carbonyl (C=O) groups excluding carboxylic acids is 1. The summed E-state index contributed by atoms with van der Waals surface area (Å²) in [5, 5.41) is 6.68. The van der Waals surface area contributed by atoms with Crippen molar-refractivity contribution in [1.82, 2.24) is 5.43 Å². The molecule has 0 saturated heterocycles. The Morgan fingerprint density at radius 1 is 1.07 bits per heavy atom. The van der Waals surface area contributed by atoms with E-state index in [1.165, 1.54) is 23.5 Å². The van der Waals surface area contributed by atoms with Gasteiger partial charge in [-0.05, 0) is 51.8 Å². The summed E-state index contributed by atoms with van der Waals surface area (Å²) in [7, 11) is 0. The Balaban J connectivity index is 1.45. The number of fused-ring (bicyclic) bond motifs is 1. The van der Waals surface area contributed by atoms with Crippen LogP contribution in [-0.4, -0.2) is 12.1 Å². The second kappa shape index (κ2) is 8.68. The van der Waals surface area contributed by atoms with Crippen LogP contribution in [0.4, 0.5) is 0 Å². The van der Waals surface area contributed by atoms with E-state index < -0.39 is 0 Å². The van der Waals surface area contributed by atoms with Crippen LogP contribution in [0.25, 0.3) is 10.8 Å². The number of benzene rings is 3. The van der Waals surface area contributed by atoms with E-state index in [9.17, 15) is 4.79 Å². The molecule has 0 fully saturated rings. The van der Waals surface area contributed by atoms with E-state index in [4.69, 9.17) is 4.42 Å². The number of hydrogen-bond acceptors (Lipinski definition) is 4. The van der Waals surface area contributed by atoms with Crippen LogP contribution in [-0.2, 0) is 0 Å². The number of nitrogens with zero attached hydrogens (tertiary/aromatic N) is 1. The molecule has 29 heavy (non-hydrogen) atoms. The summed E-state index contributed by atoms with van der Waals surface area (Å²) in [6, 6.07) is 23.4. The molecule has 4 nitrogen and oxygen atoms in total. The lowest BCUT2D eigenvalue weighted by molar-refractivity contribution is 0.0957. The maximum atomic E-state index is 12.5. The largest absolute Gasteiger partial charge is 0.447 e. The number of carbonyl (C=O) groups is 1. The Bertz CT molecular complexity index is 1190. The number of furan rings is 1. The first-order valence-corrected chi connectivity index (χ1v) is 10.6. The van der Waals surface area contributed by atoms with Gasteiger partial charge in [-0.2, -0.15) is 5.10 Å². The quantitative estimate of drug-likeness (QED) is 0.273. The molecule has 0 bridgehead atoms. The summed E-state index contributed by atoms with van der Waals surface area (Å²) in [5.74, 6) is 0.280. The minimum absolute atomic E-state index is 0.266. The highest BCUT2D eigenvalue weighted by atomic mass is 79.9. The fourth-order valence-electron chi connectivity index (χ4n) is 2.85. The number of nitrogens with one attached hydrogen (secondary N) is 1. The second-order valence-corrected chi connectivity index (χ2v) is 8.33. The summed E-state index contributed by atoms with van der Waals surface area (Å²) >= 11 is 5.03. The molecule has 6 heteroatoms. The summed E-state index contributed by atoms with van der Waals surface area (Å²) in [5.41, 5.74) is 4.36. The molecular formula is C23H17BrN2O2S. The van der Waals surface area contributed by atoms with Gasteiger partial charge < -0.3 is 4.42 Å². The van der Waals surface area contributed by atoms with Crippen molar-refractivity contribution in [3.8, 4) is 0 Å². The van der Waals surface area contributed by atoms with Crippen molar-refractivity contribution in [3.05, 3.63) is 94.2 Å². The second-order valence-electron chi connectivity index (χ2n) is 6.43. The lowest BCUT2D eigenvalue weighted by Gasteiger charge is -2.04. The first-order valence-electron chi connectivity index (χ1n) is 8.95. The highest BCUT2D eigenvalue weighted by molar-refractivity contribution is 9.10. The predicted octanol–water partition coefficient (Wildman–Crippen LogP) is 6.42. The molecule has 0 spiro atoms. The highest BCUT2D eigenvalue weighted by Crippen LogP contribution is 2.35. The van der Waals surface area contributed by atoms with Crippen LogP contribution in [0, 0.1) is 6.92 Å². The summed E-state index contributed by atoms with van der Waals surface area (Å²) < 4.78 is 6.66. The molecule has 4 rings (SSSR count). The van der Waals surface area contributed by atoms with Crippen molar-refractivity contribution in [1.29, 1.82) is 0 Å². The van der Waals surface area contributed by atoms with Crippen molar-refractivity contribution in [3.63, 3.8) is 0 Å². The van der Waals surface area contributed by atoms with E-state index in [2.05, 4.69) is 45.5 Å². The topological polar surface area (TPSA) is 54.6 Å². The average molecular weight is 465 g/mol. The van der Waals surface area contributed by atoms with Gasteiger partial charge in [0.1, 0.15) is 5.76 Å². The normalized spacial score (nSPS) is 11.2. The third kappa shape index (κ3) is 4.60. The van der Waals surface area contributed by atoms with Crippen LogP contribution >= 0.6 is 27.7 Å². The Morgan fingerprint density at radius 3 is 2.66 bits per heavy atom. The smallest absolute Gasteiger partial charge is 0.271 e. The Labute approximate surface area is 181 Å². The van der Waals surface area contributed by atoms with Crippen LogP contribution < -0.4 is 5.43 Å². The first kappa shape index (κ1) is 19.5. The van der Waals surface area contributed by atoms with Gasteiger partial charge in [-0.15, -0.1) is 0 Å². The lowest BCUT2D eigenvalue weighted by Crippen LogP contribution is -2.17. The molecule has 1 aromatic heterocycles. The molecule has 1 N–H and O–H groups in total. The number of hydrogen-bond donors (Lipinski definition) is 1. The SMILES string of the molecule is Cc1ccc(Sc2oc(/C=N\NC(=O)c3cccc4ccccc34)cc2Br)cc1. The molecule has 3 aromatic carbocycles.